The summed E-state index contributed by atoms with van der Waals surface area (Å²) in [6, 6.07) is 12.7. The van der Waals surface area contributed by atoms with Gasteiger partial charge in [0.25, 0.3) is 5.91 Å². The van der Waals surface area contributed by atoms with Crippen molar-refractivity contribution in [3.63, 3.8) is 0 Å². The maximum Gasteiger partial charge on any atom is 0.255 e. The van der Waals surface area contributed by atoms with Crippen molar-refractivity contribution in [2.45, 2.75) is 39.5 Å². The quantitative estimate of drug-likeness (QED) is 0.640. The molecule has 0 bridgehead atoms. The van der Waals surface area contributed by atoms with Crippen molar-refractivity contribution in [1.29, 1.82) is 0 Å². The van der Waals surface area contributed by atoms with E-state index in [0.717, 1.165) is 5.56 Å². The molecule has 0 atom stereocenters. The Labute approximate surface area is 179 Å². The predicted octanol–water partition coefficient (Wildman–Crippen LogP) is 4.40. The molecule has 0 saturated carbocycles. The minimum absolute atomic E-state index is 0.0666. The molecule has 2 rings (SSSR count). The van der Waals surface area contributed by atoms with Crippen molar-refractivity contribution in [3.8, 4) is 11.5 Å². The molecule has 162 valence electrons. The van der Waals surface area contributed by atoms with Crippen LogP contribution in [0.2, 0.25) is 0 Å². The topological polar surface area (TPSA) is 76.7 Å². The van der Waals surface area contributed by atoms with E-state index >= 15 is 0 Å². The Bertz CT molecular complexity index is 873. The fourth-order valence-electron chi connectivity index (χ4n) is 3.05. The van der Waals surface area contributed by atoms with E-state index < -0.39 is 0 Å². The summed E-state index contributed by atoms with van der Waals surface area (Å²) in [7, 11) is 3.08. The van der Waals surface area contributed by atoms with Crippen LogP contribution < -0.4 is 20.1 Å². The molecule has 2 amide bonds. The second kappa shape index (κ2) is 10.1. The summed E-state index contributed by atoms with van der Waals surface area (Å²) >= 11 is 0. The number of methoxy groups -OCH3 is 2. The minimum Gasteiger partial charge on any atom is -0.493 e. The molecule has 0 unspecified atom stereocenters. The number of hydrogen-bond acceptors (Lipinski definition) is 4. The third-order valence-electron chi connectivity index (χ3n) is 4.89. The largest absolute Gasteiger partial charge is 0.493 e. The molecule has 0 spiro atoms. The van der Waals surface area contributed by atoms with Gasteiger partial charge in [-0.15, -0.1) is 0 Å². The molecule has 0 aliphatic heterocycles. The van der Waals surface area contributed by atoms with Crippen LogP contribution in [0.5, 0.6) is 11.5 Å². The van der Waals surface area contributed by atoms with Gasteiger partial charge in [0.1, 0.15) is 0 Å². The van der Waals surface area contributed by atoms with Gasteiger partial charge in [0.2, 0.25) is 5.91 Å². The molecule has 6 nitrogen and oxygen atoms in total. The van der Waals surface area contributed by atoms with Crippen LogP contribution in [0.1, 0.15) is 50.0 Å². The Morgan fingerprint density at radius 3 is 2.17 bits per heavy atom. The Morgan fingerprint density at radius 2 is 1.60 bits per heavy atom. The maximum absolute atomic E-state index is 12.6. The predicted molar refractivity (Wildman–Crippen MR) is 119 cm³/mol. The number of carbonyl (C=O) groups is 2. The van der Waals surface area contributed by atoms with Crippen molar-refractivity contribution < 1.29 is 19.1 Å². The second-order valence-corrected chi connectivity index (χ2v) is 8.36. The molecule has 0 fully saturated rings. The van der Waals surface area contributed by atoms with Crippen molar-refractivity contribution in [1.82, 2.24) is 5.32 Å². The average molecular weight is 413 g/mol. The lowest BCUT2D eigenvalue weighted by Gasteiger charge is -2.26. The van der Waals surface area contributed by atoms with E-state index in [2.05, 4.69) is 24.5 Å². The molecule has 0 radical (unpaired) electrons. The number of ether oxygens (including phenoxy) is 2. The summed E-state index contributed by atoms with van der Waals surface area (Å²) in [5.41, 5.74) is 2.03. The van der Waals surface area contributed by atoms with Crippen molar-refractivity contribution in [3.05, 3.63) is 53.6 Å². The fourth-order valence-corrected chi connectivity index (χ4v) is 3.05. The number of rotatable bonds is 9. The first-order chi connectivity index (χ1) is 14.2. The van der Waals surface area contributed by atoms with E-state index in [1.807, 2.05) is 38.1 Å². The molecule has 0 saturated heterocycles. The van der Waals surface area contributed by atoms with E-state index in [-0.39, 0.29) is 17.2 Å². The van der Waals surface area contributed by atoms with Crippen molar-refractivity contribution in [2.24, 2.45) is 5.92 Å². The monoisotopic (exact) mass is 412 g/mol. The van der Waals surface area contributed by atoms with E-state index in [0.29, 0.717) is 41.6 Å². The van der Waals surface area contributed by atoms with Gasteiger partial charge in [-0.25, -0.2) is 0 Å². The Balaban J connectivity index is 2.03. The number of nitrogens with one attached hydrogen (secondary N) is 2. The summed E-state index contributed by atoms with van der Waals surface area (Å²) < 4.78 is 10.5. The number of carbonyl (C=O) groups excluding carboxylic acids is 2. The molecule has 30 heavy (non-hydrogen) atoms. The third-order valence-corrected chi connectivity index (χ3v) is 4.89. The van der Waals surface area contributed by atoms with Crippen LogP contribution in [-0.2, 0) is 10.2 Å². The Morgan fingerprint density at radius 1 is 0.967 bits per heavy atom. The van der Waals surface area contributed by atoms with Crippen LogP contribution in [0.15, 0.2) is 42.5 Å². The fraction of sp³-hybridized carbons (Fsp3) is 0.417. The number of benzene rings is 2. The minimum atomic E-state index is -0.232. The van der Waals surface area contributed by atoms with Crippen LogP contribution in [-0.4, -0.2) is 32.6 Å². The standard InChI is InChI=1S/C24H32N2O4/c1-16(2)13-22(27)25-15-24(3,4)18-8-10-19(11-9-18)26-23(28)17-7-12-20(29-5)21(14-17)30-6/h7-12,14,16H,13,15H2,1-6H3,(H,25,27)(H,26,28). The van der Waals surface area contributed by atoms with Gasteiger partial charge in [-0.1, -0.05) is 39.8 Å². The molecule has 0 aromatic heterocycles. The van der Waals surface area contributed by atoms with Gasteiger partial charge in [0, 0.05) is 29.6 Å². The number of hydrogen-bond donors (Lipinski definition) is 2. The van der Waals surface area contributed by atoms with Crippen LogP contribution in [0.3, 0.4) is 0 Å². The second-order valence-electron chi connectivity index (χ2n) is 8.36. The highest BCUT2D eigenvalue weighted by Gasteiger charge is 2.22. The van der Waals surface area contributed by atoms with Crippen LogP contribution >= 0.6 is 0 Å². The normalized spacial score (nSPS) is 11.2. The lowest BCUT2D eigenvalue weighted by atomic mass is 9.84. The van der Waals surface area contributed by atoms with Gasteiger partial charge in [0.15, 0.2) is 11.5 Å². The molecular formula is C24H32N2O4. The first kappa shape index (κ1) is 23.3. The average Bonchev–Trinajstić information content (AvgIpc) is 2.71. The zero-order valence-electron chi connectivity index (χ0n) is 18.7. The zero-order valence-corrected chi connectivity index (χ0v) is 18.7. The van der Waals surface area contributed by atoms with E-state index in [1.165, 1.54) is 7.11 Å². The Hall–Kier alpha value is -3.02. The highest BCUT2D eigenvalue weighted by molar-refractivity contribution is 6.04. The molecule has 2 aromatic carbocycles. The van der Waals surface area contributed by atoms with Gasteiger partial charge in [-0.3, -0.25) is 9.59 Å². The molecular weight excluding hydrogens is 380 g/mol. The molecule has 6 heteroatoms. The van der Waals surface area contributed by atoms with E-state index in [4.69, 9.17) is 9.47 Å². The highest BCUT2D eigenvalue weighted by Crippen LogP contribution is 2.28. The lowest BCUT2D eigenvalue weighted by molar-refractivity contribution is -0.122. The SMILES string of the molecule is COc1ccc(C(=O)Nc2ccc(C(C)(C)CNC(=O)CC(C)C)cc2)cc1OC. The third kappa shape index (κ3) is 6.24. The van der Waals surface area contributed by atoms with Crippen molar-refractivity contribution in [2.75, 3.05) is 26.1 Å². The van der Waals surface area contributed by atoms with E-state index in [1.54, 1.807) is 25.3 Å². The first-order valence-electron chi connectivity index (χ1n) is 10.1. The molecule has 0 heterocycles. The smallest absolute Gasteiger partial charge is 0.255 e. The summed E-state index contributed by atoms with van der Waals surface area (Å²) in [4.78, 5) is 24.5. The van der Waals surface area contributed by atoms with Gasteiger partial charge < -0.3 is 20.1 Å². The lowest BCUT2D eigenvalue weighted by Crippen LogP contribution is -2.37. The van der Waals surface area contributed by atoms with Crippen molar-refractivity contribution >= 4 is 17.5 Å². The maximum atomic E-state index is 12.6. The molecule has 2 N–H and O–H groups in total. The van der Waals surface area contributed by atoms with Gasteiger partial charge >= 0.3 is 0 Å². The zero-order chi connectivity index (χ0) is 22.3. The summed E-state index contributed by atoms with van der Waals surface area (Å²) in [6.07, 6.45) is 0.525. The van der Waals surface area contributed by atoms with E-state index in [9.17, 15) is 9.59 Å². The van der Waals surface area contributed by atoms with Crippen LogP contribution in [0, 0.1) is 5.92 Å². The molecule has 2 aromatic rings. The summed E-state index contributed by atoms with van der Waals surface area (Å²) in [5, 5.41) is 5.90. The molecule has 0 aliphatic rings. The number of anilines is 1. The highest BCUT2D eigenvalue weighted by atomic mass is 16.5. The van der Waals surface area contributed by atoms with Gasteiger partial charge in [-0.05, 0) is 41.8 Å². The summed E-state index contributed by atoms with van der Waals surface area (Å²) in [5.74, 6) is 1.24. The summed E-state index contributed by atoms with van der Waals surface area (Å²) in [6.45, 7) is 8.77. The van der Waals surface area contributed by atoms with Crippen LogP contribution in [0.25, 0.3) is 0 Å². The Kier molecular flexibility index (Phi) is 7.86. The van der Waals surface area contributed by atoms with Crippen LogP contribution in [0.4, 0.5) is 5.69 Å². The number of amides is 2. The molecule has 0 aliphatic carbocycles. The van der Waals surface area contributed by atoms with Gasteiger partial charge in [0.05, 0.1) is 14.2 Å². The van der Waals surface area contributed by atoms with Gasteiger partial charge in [-0.2, -0.15) is 0 Å². The first-order valence-corrected chi connectivity index (χ1v) is 10.1.